The van der Waals surface area contributed by atoms with Crippen LogP contribution < -0.4 is 5.32 Å². The molecule has 1 aromatic rings. The highest BCUT2D eigenvalue weighted by atomic mass is 79.9. The van der Waals surface area contributed by atoms with E-state index in [4.69, 9.17) is 0 Å². The number of piperazine rings is 1. The van der Waals surface area contributed by atoms with E-state index in [1.54, 1.807) is 0 Å². The summed E-state index contributed by atoms with van der Waals surface area (Å²) in [5, 5.41) is 12.7. The molecule has 2 N–H and O–H groups in total. The first-order valence-electron chi connectivity index (χ1n) is 6.23. The first-order valence-corrected chi connectivity index (χ1v) is 7.81. The van der Waals surface area contributed by atoms with E-state index in [-0.39, 0.29) is 12.6 Å². The normalized spacial score (nSPS) is 18.8. The summed E-state index contributed by atoms with van der Waals surface area (Å²) in [6, 6.07) is 6.52. The number of hydrogen-bond acceptors (Lipinski definition) is 3. The van der Waals surface area contributed by atoms with Crippen molar-refractivity contribution in [2.45, 2.75) is 12.5 Å². The maximum atomic E-state index is 9.32. The first kappa shape index (κ1) is 14.5. The Balaban J connectivity index is 2.24. The van der Waals surface area contributed by atoms with Crippen LogP contribution in [0.2, 0.25) is 0 Å². The minimum atomic E-state index is 0.216. The molecule has 1 fully saturated rings. The Bertz CT molecular complexity index is 395. The highest BCUT2D eigenvalue weighted by Crippen LogP contribution is 2.32. The molecule has 1 aliphatic heterocycles. The van der Waals surface area contributed by atoms with Gasteiger partial charge in [-0.25, -0.2) is 0 Å². The SMILES string of the molecule is OCC[C@H](c1cc(Br)ccc1Br)N1CCNCC1. The van der Waals surface area contributed by atoms with Crippen molar-refractivity contribution < 1.29 is 5.11 Å². The van der Waals surface area contributed by atoms with Gasteiger partial charge in [0.2, 0.25) is 0 Å². The number of aliphatic hydroxyl groups is 1. The van der Waals surface area contributed by atoms with E-state index in [9.17, 15) is 5.11 Å². The second-order valence-electron chi connectivity index (χ2n) is 4.48. The van der Waals surface area contributed by atoms with Gasteiger partial charge in [-0.2, -0.15) is 0 Å². The Kier molecular flexibility index (Phi) is 5.63. The molecule has 0 aromatic heterocycles. The lowest BCUT2D eigenvalue weighted by atomic mass is 10.0. The Hall–Kier alpha value is 0.0600. The molecule has 1 atom stereocenters. The molecule has 0 radical (unpaired) electrons. The molecule has 0 bridgehead atoms. The second kappa shape index (κ2) is 7.01. The summed E-state index contributed by atoms with van der Waals surface area (Å²) in [4.78, 5) is 2.44. The van der Waals surface area contributed by atoms with Gasteiger partial charge in [-0.05, 0) is 30.2 Å². The van der Waals surface area contributed by atoms with Crippen molar-refractivity contribution in [1.29, 1.82) is 0 Å². The van der Waals surface area contributed by atoms with Crippen LogP contribution in [0.25, 0.3) is 0 Å². The highest BCUT2D eigenvalue weighted by Gasteiger charge is 2.23. The van der Waals surface area contributed by atoms with E-state index in [2.05, 4.69) is 54.2 Å². The molecular formula is C13H18Br2N2O. The summed E-state index contributed by atoms with van der Waals surface area (Å²) >= 11 is 7.15. The molecule has 0 amide bonds. The number of hydrogen-bond donors (Lipinski definition) is 2. The maximum Gasteiger partial charge on any atom is 0.0449 e. The first-order chi connectivity index (χ1) is 8.72. The number of aliphatic hydroxyl groups excluding tert-OH is 1. The molecule has 3 nitrogen and oxygen atoms in total. The molecule has 1 aromatic carbocycles. The number of nitrogens with zero attached hydrogens (tertiary/aromatic N) is 1. The van der Waals surface area contributed by atoms with Crippen LogP contribution in [0.4, 0.5) is 0 Å². The summed E-state index contributed by atoms with van der Waals surface area (Å²) < 4.78 is 2.20. The minimum Gasteiger partial charge on any atom is -0.396 e. The van der Waals surface area contributed by atoms with Crippen molar-refractivity contribution in [2.24, 2.45) is 0 Å². The average molecular weight is 378 g/mol. The Morgan fingerprint density at radius 1 is 1.28 bits per heavy atom. The molecule has 0 aliphatic carbocycles. The molecule has 18 heavy (non-hydrogen) atoms. The molecule has 0 unspecified atom stereocenters. The second-order valence-corrected chi connectivity index (χ2v) is 6.25. The molecule has 1 saturated heterocycles. The van der Waals surface area contributed by atoms with Crippen LogP contribution in [0.15, 0.2) is 27.1 Å². The van der Waals surface area contributed by atoms with Crippen LogP contribution in [0, 0.1) is 0 Å². The van der Waals surface area contributed by atoms with Crippen LogP contribution >= 0.6 is 31.9 Å². The van der Waals surface area contributed by atoms with Crippen LogP contribution in [0.1, 0.15) is 18.0 Å². The van der Waals surface area contributed by atoms with Gasteiger partial charge in [0.15, 0.2) is 0 Å². The predicted octanol–water partition coefficient (Wildman–Crippen LogP) is 2.54. The highest BCUT2D eigenvalue weighted by molar-refractivity contribution is 9.11. The maximum absolute atomic E-state index is 9.32. The standard InChI is InChI=1S/C13H18Br2N2O/c14-10-1-2-12(15)11(9-10)13(3-8-18)17-6-4-16-5-7-17/h1-2,9,13,16,18H,3-8H2/t13-/m1/s1. The molecule has 100 valence electrons. The molecule has 2 rings (SSSR count). The molecular weight excluding hydrogens is 360 g/mol. The van der Waals surface area contributed by atoms with Crippen LogP contribution in [0.3, 0.4) is 0 Å². The van der Waals surface area contributed by atoms with E-state index < -0.39 is 0 Å². The fourth-order valence-electron chi connectivity index (χ4n) is 2.42. The largest absolute Gasteiger partial charge is 0.396 e. The molecule has 0 saturated carbocycles. The number of benzene rings is 1. The number of halogens is 2. The smallest absolute Gasteiger partial charge is 0.0449 e. The number of nitrogens with one attached hydrogen (secondary N) is 1. The molecule has 1 heterocycles. The van der Waals surface area contributed by atoms with E-state index >= 15 is 0 Å². The van der Waals surface area contributed by atoms with Crippen LogP contribution in [-0.2, 0) is 0 Å². The fraction of sp³-hybridized carbons (Fsp3) is 0.538. The Labute approximate surface area is 125 Å². The Morgan fingerprint density at radius 3 is 2.67 bits per heavy atom. The van der Waals surface area contributed by atoms with Crippen LogP contribution in [-0.4, -0.2) is 42.8 Å². The molecule has 5 heteroatoms. The van der Waals surface area contributed by atoms with Gasteiger partial charge in [-0.15, -0.1) is 0 Å². The summed E-state index contributed by atoms with van der Waals surface area (Å²) in [6.45, 7) is 4.32. The van der Waals surface area contributed by atoms with Gasteiger partial charge in [0.05, 0.1) is 0 Å². The number of rotatable bonds is 4. The zero-order valence-corrected chi connectivity index (χ0v) is 13.4. The van der Waals surface area contributed by atoms with Gasteiger partial charge in [0, 0.05) is 47.8 Å². The lowest BCUT2D eigenvalue weighted by Crippen LogP contribution is -2.45. The van der Waals surface area contributed by atoms with Crippen molar-refractivity contribution in [1.82, 2.24) is 10.2 Å². The van der Waals surface area contributed by atoms with E-state index in [0.29, 0.717) is 0 Å². The third-order valence-electron chi connectivity index (χ3n) is 3.31. The van der Waals surface area contributed by atoms with Crippen LogP contribution in [0.5, 0.6) is 0 Å². The lowest BCUT2D eigenvalue weighted by Gasteiger charge is -2.35. The van der Waals surface area contributed by atoms with E-state index in [1.165, 1.54) is 5.56 Å². The summed E-state index contributed by atoms with van der Waals surface area (Å²) in [7, 11) is 0. The van der Waals surface area contributed by atoms with E-state index in [0.717, 1.165) is 41.5 Å². The zero-order valence-electron chi connectivity index (χ0n) is 10.2. The van der Waals surface area contributed by atoms with Gasteiger partial charge < -0.3 is 10.4 Å². The third-order valence-corrected chi connectivity index (χ3v) is 4.53. The lowest BCUT2D eigenvalue weighted by molar-refractivity contribution is 0.140. The van der Waals surface area contributed by atoms with Gasteiger partial charge in [0.1, 0.15) is 0 Å². The van der Waals surface area contributed by atoms with Crippen molar-refractivity contribution in [3.63, 3.8) is 0 Å². The molecule has 0 spiro atoms. The summed E-state index contributed by atoms with van der Waals surface area (Å²) in [6.07, 6.45) is 0.773. The zero-order chi connectivity index (χ0) is 13.0. The minimum absolute atomic E-state index is 0.216. The van der Waals surface area contributed by atoms with Crippen molar-refractivity contribution >= 4 is 31.9 Å². The third kappa shape index (κ3) is 3.54. The molecule has 1 aliphatic rings. The van der Waals surface area contributed by atoms with Gasteiger partial charge in [0.25, 0.3) is 0 Å². The van der Waals surface area contributed by atoms with Gasteiger partial charge in [-0.1, -0.05) is 31.9 Å². The van der Waals surface area contributed by atoms with Gasteiger partial charge in [-0.3, -0.25) is 4.90 Å². The monoisotopic (exact) mass is 376 g/mol. The summed E-state index contributed by atoms with van der Waals surface area (Å²) in [5.74, 6) is 0. The fourth-order valence-corrected chi connectivity index (χ4v) is 3.31. The predicted molar refractivity (Wildman–Crippen MR) is 80.7 cm³/mol. The van der Waals surface area contributed by atoms with Crippen molar-refractivity contribution in [2.75, 3.05) is 32.8 Å². The quantitative estimate of drug-likeness (QED) is 0.846. The summed E-state index contributed by atoms with van der Waals surface area (Å²) in [5.41, 5.74) is 1.25. The Morgan fingerprint density at radius 2 is 2.00 bits per heavy atom. The van der Waals surface area contributed by atoms with E-state index in [1.807, 2.05) is 6.07 Å². The topological polar surface area (TPSA) is 35.5 Å². The average Bonchev–Trinajstić information content (AvgIpc) is 2.40. The van der Waals surface area contributed by atoms with Crippen molar-refractivity contribution in [3.05, 3.63) is 32.7 Å². The van der Waals surface area contributed by atoms with Crippen molar-refractivity contribution in [3.8, 4) is 0 Å². The van der Waals surface area contributed by atoms with Gasteiger partial charge >= 0.3 is 0 Å².